The minimum Gasteiger partial charge on any atom is -0.508 e. The summed E-state index contributed by atoms with van der Waals surface area (Å²) in [7, 11) is 3.41. The predicted molar refractivity (Wildman–Crippen MR) is 131 cm³/mol. The highest BCUT2D eigenvalue weighted by molar-refractivity contribution is 5.86. The molecule has 174 valence electrons. The van der Waals surface area contributed by atoms with Crippen LogP contribution in [0.4, 0.5) is 0 Å². The Morgan fingerprint density at radius 1 is 1.00 bits per heavy atom. The second-order valence-corrected chi connectivity index (χ2v) is 9.09. The zero-order valence-corrected chi connectivity index (χ0v) is 19.4. The number of nitrogens with one attached hydrogen (secondary N) is 1. The highest BCUT2D eigenvalue weighted by atomic mass is 16.5. The van der Waals surface area contributed by atoms with Crippen molar-refractivity contribution in [3.63, 3.8) is 0 Å². The third-order valence-corrected chi connectivity index (χ3v) is 7.18. The number of ether oxygens (including phenoxy) is 3. The molecule has 6 nitrogen and oxygen atoms in total. The van der Waals surface area contributed by atoms with Gasteiger partial charge in [-0.15, -0.1) is 0 Å². The van der Waals surface area contributed by atoms with Crippen LogP contribution in [0.2, 0.25) is 0 Å². The number of H-pyrrole nitrogens is 1. The Hall–Kier alpha value is -3.64. The van der Waals surface area contributed by atoms with Crippen molar-refractivity contribution in [2.24, 2.45) is 0 Å². The average molecular weight is 457 g/mol. The topological polar surface area (TPSA) is 67.0 Å². The molecule has 3 heterocycles. The molecular formula is C28H28N2O4. The van der Waals surface area contributed by atoms with Crippen LogP contribution in [0.15, 0.2) is 54.6 Å². The van der Waals surface area contributed by atoms with Gasteiger partial charge in [0.1, 0.15) is 18.1 Å². The highest BCUT2D eigenvalue weighted by Crippen LogP contribution is 2.44. The predicted octanol–water partition coefficient (Wildman–Crippen LogP) is 5.13. The van der Waals surface area contributed by atoms with Crippen molar-refractivity contribution in [1.82, 2.24) is 9.88 Å². The Kier molecular flexibility index (Phi) is 5.11. The van der Waals surface area contributed by atoms with Crippen molar-refractivity contribution >= 4 is 10.9 Å². The van der Waals surface area contributed by atoms with Crippen LogP contribution in [0.25, 0.3) is 10.9 Å². The van der Waals surface area contributed by atoms with E-state index in [-0.39, 0.29) is 5.75 Å². The molecule has 0 saturated carbocycles. The van der Waals surface area contributed by atoms with E-state index in [1.807, 2.05) is 18.2 Å². The molecule has 1 unspecified atom stereocenters. The first-order valence-corrected chi connectivity index (χ1v) is 11.7. The van der Waals surface area contributed by atoms with Crippen LogP contribution in [-0.4, -0.2) is 35.8 Å². The molecule has 0 spiro atoms. The van der Waals surface area contributed by atoms with E-state index >= 15 is 0 Å². The number of fused-ring (bicyclic) bond motifs is 6. The van der Waals surface area contributed by atoms with Crippen LogP contribution in [0.5, 0.6) is 23.0 Å². The quantitative estimate of drug-likeness (QED) is 0.436. The van der Waals surface area contributed by atoms with Gasteiger partial charge in [-0.3, -0.25) is 4.90 Å². The number of phenolic OH excluding ortho intramolecular Hbond substituents is 1. The van der Waals surface area contributed by atoms with Gasteiger partial charge >= 0.3 is 0 Å². The van der Waals surface area contributed by atoms with Crippen LogP contribution in [0.3, 0.4) is 0 Å². The minimum absolute atomic E-state index is 0.254. The Morgan fingerprint density at radius 2 is 1.85 bits per heavy atom. The molecule has 4 aromatic rings. The average Bonchev–Trinajstić information content (AvgIpc) is 3.23. The summed E-state index contributed by atoms with van der Waals surface area (Å²) in [5, 5.41) is 10.8. The largest absolute Gasteiger partial charge is 0.508 e. The van der Waals surface area contributed by atoms with Gasteiger partial charge in [0.15, 0.2) is 11.5 Å². The Morgan fingerprint density at radius 3 is 2.65 bits per heavy atom. The lowest BCUT2D eigenvalue weighted by Gasteiger charge is -2.40. The van der Waals surface area contributed by atoms with E-state index in [2.05, 4.69) is 34.1 Å². The Labute approximate surface area is 198 Å². The number of aromatic hydroxyl groups is 1. The van der Waals surface area contributed by atoms with Crippen LogP contribution in [0, 0.1) is 0 Å². The number of rotatable bonds is 5. The molecule has 2 N–H and O–H groups in total. The van der Waals surface area contributed by atoms with Crippen LogP contribution >= 0.6 is 0 Å². The lowest BCUT2D eigenvalue weighted by atomic mass is 9.85. The van der Waals surface area contributed by atoms with Gasteiger partial charge in [0, 0.05) is 35.7 Å². The monoisotopic (exact) mass is 456 g/mol. The molecule has 2 aliphatic rings. The first kappa shape index (κ1) is 20.9. The Balaban J connectivity index is 1.32. The molecule has 0 bridgehead atoms. The highest BCUT2D eigenvalue weighted by Gasteiger charge is 2.34. The maximum absolute atomic E-state index is 9.51. The van der Waals surface area contributed by atoms with Gasteiger partial charge in [-0.1, -0.05) is 12.1 Å². The van der Waals surface area contributed by atoms with Gasteiger partial charge in [0.05, 0.1) is 14.2 Å². The van der Waals surface area contributed by atoms with E-state index in [0.717, 1.165) is 48.7 Å². The smallest absolute Gasteiger partial charge is 0.161 e. The molecule has 0 fully saturated rings. The second-order valence-electron chi connectivity index (χ2n) is 9.09. The second kappa shape index (κ2) is 8.29. The normalized spacial score (nSPS) is 17.1. The fourth-order valence-corrected chi connectivity index (χ4v) is 5.39. The lowest BCUT2D eigenvalue weighted by molar-refractivity contribution is 0.158. The summed E-state index contributed by atoms with van der Waals surface area (Å²) in [6, 6.07) is 18.0. The third kappa shape index (κ3) is 3.55. The van der Waals surface area contributed by atoms with Crippen molar-refractivity contribution in [2.45, 2.75) is 32.0 Å². The van der Waals surface area contributed by atoms with Crippen molar-refractivity contribution in [3.8, 4) is 23.0 Å². The number of aromatic amines is 1. The molecule has 2 aliphatic heterocycles. The van der Waals surface area contributed by atoms with E-state index in [4.69, 9.17) is 14.2 Å². The number of nitrogens with zero attached hydrogens (tertiary/aromatic N) is 1. The fourth-order valence-electron chi connectivity index (χ4n) is 5.39. The first-order chi connectivity index (χ1) is 16.6. The standard InChI is InChI=1S/C28H28N2O4/c1-32-20-7-8-24-22(12-20)23-13-26-21-14-27(33-2)28(34-16-17-3-5-19(31)6-4-17)11-18(21)9-10-30(26)15-25(23)29-24/h3-8,11-12,14,26,29,31H,9-10,13,15-16H2,1-2H3. The van der Waals surface area contributed by atoms with Gasteiger partial charge in [-0.05, 0) is 77.6 Å². The summed E-state index contributed by atoms with van der Waals surface area (Å²) in [5.74, 6) is 2.66. The molecule has 34 heavy (non-hydrogen) atoms. The summed E-state index contributed by atoms with van der Waals surface area (Å²) < 4.78 is 17.4. The summed E-state index contributed by atoms with van der Waals surface area (Å²) in [6.07, 6.45) is 1.93. The minimum atomic E-state index is 0.254. The van der Waals surface area contributed by atoms with Crippen molar-refractivity contribution < 1.29 is 19.3 Å². The third-order valence-electron chi connectivity index (χ3n) is 7.18. The van der Waals surface area contributed by atoms with Gasteiger partial charge in [0.25, 0.3) is 0 Å². The molecule has 6 rings (SSSR count). The molecule has 0 radical (unpaired) electrons. The number of hydrogen-bond donors (Lipinski definition) is 2. The van der Waals surface area contributed by atoms with Crippen LogP contribution in [-0.2, 0) is 26.0 Å². The van der Waals surface area contributed by atoms with E-state index in [9.17, 15) is 5.11 Å². The lowest BCUT2D eigenvalue weighted by Crippen LogP contribution is -2.39. The molecule has 0 aliphatic carbocycles. The SMILES string of the molecule is COc1ccc2[nH]c3c(c2c1)CC1c2cc(OC)c(OCc4ccc(O)cc4)cc2CCN1C3. The van der Waals surface area contributed by atoms with Crippen LogP contribution in [0.1, 0.15) is 34.0 Å². The number of benzene rings is 3. The van der Waals surface area contributed by atoms with Gasteiger partial charge in [0.2, 0.25) is 0 Å². The van der Waals surface area contributed by atoms with Gasteiger partial charge < -0.3 is 24.3 Å². The van der Waals surface area contributed by atoms with E-state index < -0.39 is 0 Å². The summed E-state index contributed by atoms with van der Waals surface area (Å²) in [4.78, 5) is 6.20. The van der Waals surface area contributed by atoms with E-state index in [1.54, 1.807) is 26.4 Å². The van der Waals surface area contributed by atoms with Crippen LogP contribution < -0.4 is 14.2 Å². The molecule has 1 atom stereocenters. The first-order valence-electron chi connectivity index (χ1n) is 11.7. The number of hydrogen-bond acceptors (Lipinski definition) is 5. The van der Waals surface area contributed by atoms with Crippen molar-refractivity contribution in [3.05, 3.63) is 82.5 Å². The number of methoxy groups -OCH3 is 2. The fraction of sp³-hybridized carbons (Fsp3) is 0.286. The molecule has 0 amide bonds. The molecule has 3 aromatic carbocycles. The maximum atomic E-state index is 9.51. The molecule has 1 aromatic heterocycles. The summed E-state index contributed by atoms with van der Waals surface area (Å²) >= 11 is 0. The molecular weight excluding hydrogens is 428 g/mol. The van der Waals surface area contributed by atoms with Gasteiger partial charge in [-0.2, -0.15) is 0 Å². The van der Waals surface area contributed by atoms with Gasteiger partial charge in [-0.25, -0.2) is 0 Å². The van der Waals surface area contributed by atoms with Crippen molar-refractivity contribution in [2.75, 3.05) is 20.8 Å². The summed E-state index contributed by atoms with van der Waals surface area (Å²) in [5.41, 5.74) is 7.50. The van der Waals surface area contributed by atoms with E-state index in [1.165, 1.54) is 33.3 Å². The van der Waals surface area contributed by atoms with E-state index in [0.29, 0.717) is 12.6 Å². The van der Waals surface area contributed by atoms with Crippen molar-refractivity contribution in [1.29, 1.82) is 0 Å². The number of phenols is 1. The molecule has 6 heteroatoms. The zero-order valence-electron chi connectivity index (χ0n) is 19.4. The number of aromatic nitrogens is 1. The molecule has 0 saturated heterocycles. The maximum Gasteiger partial charge on any atom is 0.161 e. The zero-order chi connectivity index (χ0) is 23.2. The Bertz CT molecular complexity index is 1360. The summed E-state index contributed by atoms with van der Waals surface area (Å²) in [6.45, 7) is 2.35.